The van der Waals surface area contributed by atoms with Crippen LogP contribution in [-0.2, 0) is 14.3 Å². The molecule has 1 aromatic rings. The second-order valence-corrected chi connectivity index (χ2v) is 6.47. The van der Waals surface area contributed by atoms with Crippen molar-refractivity contribution in [1.82, 2.24) is 0 Å². The summed E-state index contributed by atoms with van der Waals surface area (Å²) < 4.78 is 21.0. The summed E-state index contributed by atoms with van der Waals surface area (Å²) in [6, 6.07) is 4.58. The normalized spacial score (nSPS) is 10.9. The number of benzene rings is 1. The van der Waals surface area contributed by atoms with Crippen LogP contribution in [0.3, 0.4) is 0 Å². The molecule has 0 aliphatic heterocycles. The number of ether oxygens (including phenoxy) is 4. The van der Waals surface area contributed by atoms with E-state index in [-0.39, 0.29) is 0 Å². The minimum absolute atomic E-state index is 0.324. The van der Waals surface area contributed by atoms with E-state index in [1.807, 2.05) is 13.8 Å². The van der Waals surface area contributed by atoms with Crippen LogP contribution >= 0.6 is 0 Å². The molecule has 0 N–H and O–H groups in total. The van der Waals surface area contributed by atoms with E-state index in [4.69, 9.17) is 14.2 Å². The summed E-state index contributed by atoms with van der Waals surface area (Å²) in [5, 5.41) is 0. The van der Waals surface area contributed by atoms with Crippen LogP contribution in [0.2, 0.25) is 0 Å². The molecule has 0 unspecified atom stereocenters. The van der Waals surface area contributed by atoms with Gasteiger partial charge in [0.15, 0.2) is 17.1 Å². The maximum Gasteiger partial charge on any atom is 0.350 e. The predicted octanol–water partition coefficient (Wildman–Crippen LogP) is 4.01. The Morgan fingerprint density at radius 1 is 0.920 bits per heavy atom. The maximum absolute atomic E-state index is 12.2. The van der Waals surface area contributed by atoms with Gasteiger partial charge in [-0.05, 0) is 52.8 Å². The molecule has 0 fully saturated rings. The van der Waals surface area contributed by atoms with Gasteiger partial charge >= 0.3 is 11.9 Å². The Labute approximate surface area is 150 Å². The van der Waals surface area contributed by atoms with Gasteiger partial charge < -0.3 is 18.9 Å². The summed E-state index contributed by atoms with van der Waals surface area (Å²) >= 11 is 0. The van der Waals surface area contributed by atoms with Gasteiger partial charge in [-0.2, -0.15) is 0 Å². The molecule has 6 heteroatoms. The molecule has 0 saturated heterocycles. The Morgan fingerprint density at radius 2 is 1.48 bits per heavy atom. The van der Waals surface area contributed by atoms with Crippen molar-refractivity contribution >= 4 is 11.9 Å². The van der Waals surface area contributed by atoms with Crippen molar-refractivity contribution in [1.29, 1.82) is 0 Å². The van der Waals surface area contributed by atoms with Crippen LogP contribution in [0.25, 0.3) is 0 Å². The van der Waals surface area contributed by atoms with Crippen molar-refractivity contribution in [2.24, 2.45) is 0 Å². The van der Waals surface area contributed by atoms with Gasteiger partial charge in [-0.25, -0.2) is 9.59 Å². The van der Waals surface area contributed by atoms with Crippen molar-refractivity contribution in [3.8, 4) is 11.5 Å². The molecule has 0 amide bonds. The molecule has 6 nitrogen and oxygen atoms in total. The molecule has 142 valence electrons. The van der Waals surface area contributed by atoms with E-state index in [0.717, 1.165) is 0 Å². The number of hydrogen-bond acceptors (Lipinski definition) is 6. The average Bonchev–Trinajstić information content (AvgIpc) is 2.54. The molecule has 0 aromatic heterocycles. The zero-order valence-electron chi connectivity index (χ0n) is 16.7. The van der Waals surface area contributed by atoms with Gasteiger partial charge in [-0.1, -0.05) is 13.8 Å². The first-order valence-corrected chi connectivity index (χ1v) is 8.19. The van der Waals surface area contributed by atoms with E-state index in [2.05, 4.69) is 4.74 Å². The zero-order valence-corrected chi connectivity index (χ0v) is 16.7. The Balaban J connectivity index is 0.00000277. The van der Waals surface area contributed by atoms with Gasteiger partial charge in [0.1, 0.15) is 5.60 Å². The maximum atomic E-state index is 12.2. The van der Waals surface area contributed by atoms with Gasteiger partial charge in [-0.15, -0.1) is 0 Å². The smallest absolute Gasteiger partial charge is 0.350 e. The second kappa shape index (κ2) is 9.30. The average molecular weight is 354 g/mol. The number of carbonyl (C=O) groups is 2. The van der Waals surface area contributed by atoms with Crippen LogP contribution in [-0.4, -0.2) is 37.4 Å². The molecule has 0 atom stereocenters. The minimum Gasteiger partial charge on any atom is -0.493 e. The molecular formula is C19H30O6. The topological polar surface area (TPSA) is 71.1 Å². The summed E-state index contributed by atoms with van der Waals surface area (Å²) in [7, 11) is 2.74. The van der Waals surface area contributed by atoms with Crippen LogP contribution in [0.5, 0.6) is 11.5 Å². The molecule has 0 aliphatic carbocycles. The summed E-state index contributed by atoms with van der Waals surface area (Å²) in [5.74, 6) is -0.328. The summed E-state index contributed by atoms with van der Waals surface area (Å²) in [4.78, 5) is 23.8. The molecule has 0 radical (unpaired) electrons. The van der Waals surface area contributed by atoms with Crippen LogP contribution in [0, 0.1) is 0 Å². The van der Waals surface area contributed by atoms with Gasteiger partial charge in [0.05, 0.1) is 19.8 Å². The number of methoxy groups -OCH3 is 2. The van der Waals surface area contributed by atoms with Crippen molar-refractivity contribution < 1.29 is 28.5 Å². The minimum atomic E-state index is -1.21. The first-order chi connectivity index (χ1) is 11.5. The highest BCUT2D eigenvalue weighted by Gasteiger charge is 2.35. The number of esters is 2. The van der Waals surface area contributed by atoms with Crippen LogP contribution in [0.15, 0.2) is 18.2 Å². The molecule has 0 heterocycles. The molecule has 0 aliphatic rings. The largest absolute Gasteiger partial charge is 0.493 e. The zero-order chi connectivity index (χ0) is 19.8. The van der Waals surface area contributed by atoms with E-state index < -0.39 is 23.1 Å². The number of rotatable bonds is 5. The van der Waals surface area contributed by atoms with Crippen LogP contribution < -0.4 is 9.47 Å². The monoisotopic (exact) mass is 354 g/mol. The third-order valence-corrected chi connectivity index (χ3v) is 2.84. The lowest BCUT2D eigenvalue weighted by Crippen LogP contribution is -2.43. The molecule has 1 rings (SSSR count). The highest BCUT2D eigenvalue weighted by atomic mass is 16.6. The van der Waals surface area contributed by atoms with Gasteiger partial charge in [0, 0.05) is 0 Å². The molecular weight excluding hydrogens is 324 g/mol. The Hall–Kier alpha value is -2.24. The van der Waals surface area contributed by atoms with Crippen molar-refractivity contribution in [2.75, 3.05) is 14.2 Å². The first-order valence-electron chi connectivity index (χ1n) is 8.19. The van der Waals surface area contributed by atoms with E-state index in [1.54, 1.807) is 40.7 Å². The molecule has 1 aromatic carbocycles. The lowest BCUT2D eigenvalue weighted by molar-refractivity contribution is -0.171. The van der Waals surface area contributed by atoms with Gasteiger partial charge in [-0.3, -0.25) is 0 Å². The fraction of sp³-hybridized carbons (Fsp3) is 0.579. The molecule has 25 heavy (non-hydrogen) atoms. The summed E-state index contributed by atoms with van der Waals surface area (Å²) in [5.41, 5.74) is -1.50. The van der Waals surface area contributed by atoms with Gasteiger partial charge in [0.2, 0.25) is 0 Å². The highest BCUT2D eigenvalue weighted by molar-refractivity contribution is 5.90. The molecule has 0 spiro atoms. The third kappa shape index (κ3) is 7.03. The Kier molecular flexibility index (Phi) is 8.46. The summed E-state index contributed by atoms with van der Waals surface area (Å²) in [6.07, 6.45) is 0. The highest BCUT2D eigenvalue weighted by Crippen LogP contribution is 2.32. The molecule has 0 bridgehead atoms. The van der Waals surface area contributed by atoms with Crippen LogP contribution in [0.1, 0.15) is 58.8 Å². The lowest BCUT2D eigenvalue weighted by Gasteiger charge is -2.29. The number of hydrogen-bond donors (Lipinski definition) is 0. The van der Waals surface area contributed by atoms with Crippen LogP contribution in [0.4, 0.5) is 0 Å². The number of carbonyl (C=O) groups excluding carboxylic acids is 2. The SMILES string of the molecule is CC.COC(=O)c1ccc(OC(C)(C)C(=O)OC(C)(C)C)c(OC)c1. The summed E-state index contributed by atoms with van der Waals surface area (Å²) in [6.45, 7) is 12.6. The van der Waals surface area contributed by atoms with E-state index in [1.165, 1.54) is 26.4 Å². The lowest BCUT2D eigenvalue weighted by atomic mass is 10.1. The first kappa shape index (κ1) is 22.8. The fourth-order valence-corrected chi connectivity index (χ4v) is 1.71. The third-order valence-electron chi connectivity index (χ3n) is 2.84. The predicted molar refractivity (Wildman–Crippen MR) is 96.2 cm³/mol. The Morgan fingerprint density at radius 3 is 1.92 bits per heavy atom. The van der Waals surface area contributed by atoms with E-state index in [9.17, 15) is 9.59 Å². The van der Waals surface area contributed by atoms with Crippen molar-refractivity contribution in [3.05, 3.63) is 23.8 Å². The van der Waals surface area contributed by atoms with E-state index in [0.29, 0.717) is 17.1 Å². The fourth-order valence-electron chi connectivity index (χ4n) is 1.71. The van der Waals surface area contributed by atoms with Crippen molar-refractivity contribution in [2.45, 2.75) is 59.7 Å². The van der Waals surface area contributed by atoms with Crippen molar-refractivity contribution in [3.63, 3.8) is 0 Å². The standard InChI is InChI=1S/C17H24O6.C2H6/c1-16(2,3)23-15(19)17(4,5)22-12-9-8-11(14(18)21-7)10-13(12)20-6;1-2/h8-10H,1-7H3;1-2H3. The van der Waals surface area contributed by atoms with E-state index >= 15 is 0 Å². The molecule has 0 saturated carbocycles. The second-order valence-electron chi connectivity index (χ2n) is 6.47. The van der Waals surface area contributed by atoms with Gasteiger partial charge in [0.25, 0.3) is 0 Å². The Bertz CT molecular complexity index is 584. The quantitative estimate of drug-likeness (QED) is 0.744.